The van der Waals surface area contributed by atoms with Crippen LogP contribution >= 0.6 is 11.3 Å². The van der Waals surface area contributed by atoms with Gasteiger partial charge in [0.2, 0.25) is 0 Å². The number of benzene rings is 2. The van der Waals surface area contributed by atoms with Gasteiger partial charge in [-0.05, 0) is 42.9 Å². The van der Waals surface area contributed by atoms with Gasteiger partial charge < -0.3 is 4.90 Å². The fourth-order valence-corrected chi connectivity index (χ4v) is 5.23. The molecule has 2 aromatic carbocycles. The zero-order chi connectivity index (χ0) is 27.1. The van der Waals surface area contributed by atoms with Crippen LogP contribution in [0.4, 0.5) is 16.9 Å². The Balaban J connectivity index is 1.74. The summed E-state index contributed by atoms with van der Waals surface area (Å²) >= 11 is 1.56. The second-order valence-corrected chi connectivity index (χ2v) is 9.83. The topological polar surface area (TPSA) is 106 Å². The Morgan fingerprint density at radius 1 is 0.947 bits per heavy atom. The lowest BCUT2D eigenvalue weighted by Crippen LogP contribution is -2.21. The van der Waals surface area contributed by atoms with Crippen molar-refractivity contribution in [2.24, 2.45) is 10.2 Å². The van der Waals surface area contributed by atoms with Crippen molar-refractivity contribution in [3.63, 3.8) is 0 Å². The van der Waals surface area contributed by atoms with Crippen LogP contribution in [0, 0.1) is 22.7 Å². The summed E-state index contributed by atoms with van der Waals surface area (Å²) in [6, 6.07) is 22.4. The lowest BCUT2D eigenvalue weighted by molar-refractivity contribution is 0.730. The number of rotatable bonds is 10. The van der Waals surface area contributed by atoms with Crippen molar-refractivity contribution in [2.75, 3.05) is 18.0 Å². The summed E-state index contributed by atoms with van der Waals surface area (Å²) < 4.78 is 1.64. The molecule has 4 rings (SSSR count). The van der Waals surface area contributed by atoms with E-state index in [0.29, 0.717) is 18.3 Å². The third kappa shape index (κ3) is 5.64. The molecule has 2 heterocycles. The minimum absolute atomic E-state index is 0.0306. The molecule has 0 N–H and O–H groups in total. The standard InChI is InChI=1S/C29H30N8S/c1-5-20(4)22-15-13-21(14-16-22)19-37-25(18-31)24(17-30)32-28(37)35-34-27-26(23-11-9-8-10-12-23)38-29(33-27)36(6-2)7-3/h8-16,20H,5-7,19H2,1-4H3/b35-34+. The summed E-state index contributed by atoms with van der Waals surface area (Å²) in [6.07, 6.45) is 1.06. The lowest BCUT2D eigenvalue weighted by Gasteiger charge is -2.16. The number of thiazole rings is 1. The van der Waals surface area contributed by atoms with Gasteiger partial charge in [0.05, 0.1) is 11.4 Å². The van der Waals surface area contributed by atoms with E-state index in [-0.39, 0.29) is 17.3 Å². The Hall–Kier alpha value is -4.34. The summed E-state index contributed by atoms with van der Waals surface area (Å²) in [5.41, 5.74) is 3.44. The Morgan fingerprint density at radius 2 is 1.66 bits per heavy atom. The van der Waals surface area contributed by atoms with E-state index in [1.807, 2.05) is 48.5 Å². The normalized spacial score (nSPS) is 11.8. The molecular weight excluding hydrogens is 492 g/mol. The number of hydrogen-bond donors (Lipinski definition) is 0. The maximum absolute atomic E-state index is 9.82. The Bertz CT molecular complexity index is 1480. The van der Waals surface area contributed by atoms with Gasteiger partial charge in [0, 0.05) is 13.1 Å². The van der Waals surface area contributed by atoms with Gasteiger partial charge in [0.1, 0.15) is 12.1 Å². The van der Waals surface area contributed by atoms with E-state index in [2.05, 4.69) is 66.0 Å². The molecule has 0 bridgehead atoms. The number of nitrogens with zero attached hydrogens (tertiary/aromatic N) is 8. The van der Waals surface area contributed by atoms with Crippen LogP contribution in [0.15, 0.2) is 64.8 Å². The van der Waals surface area contributed by atoms with Crippen molar-refractivity contribution < 1.29 is 0 Å². The first-order chi connectivity index (χ1) is 18.5. The molecule has 0 aliphatic rings. The quantitative estimate of drug-likeness (QED) is 0.200. The van der Waals surface area contributed by atoms with Gasteiger partial charge >= 0.3 is 0 Å². The number of imidazole rings is 1. The predicted octanol–water partition coefficient (Wildman–Crippen LogP) is 7.57. The average molecular weight is 523 g/mol. The minimum atomic E-state index is 0.0306. The van der Waals surface area contributed by atoms with Crippen molar-refractivity contribution in [3.8, 4) is 22.6 Å². The molecule has 1 unspecified atom stereocenters. The van der Waals surface area contributed by atoms with Crippen LogP contribution < -0.4 is 4.90 Å². The van der Waals surface area contributed by atoms with Gasteiger partial charge in [-0.1, -0.05) is 79.8 Å². The molecule has 0 fully saturated rings. The van der Waals surface area contributed by atoms with E-state index >= 15 is 0 Å². The highest BCUT2D eigenvalue weighted by atomic mass is 32.1. The molecular formula is C29H30N8S. The molecule has 192 valence electrons. The summed E-state index contributed by atoms with van der Waals surface area (Å²) in [7, 11) is 0. The smallest absolute Gasteiger partial charge is 0.252 e. The van der Waals surface area contributed by atoms with Crippen LogP contribution in [0.25, 0.3) is 10.4 Å². The van der Waals surface area contributed by atoms with Gasteiger partial charge in [0.25, 0.3) is 5.95 Å². The zero-order valence-electron chi connectivity index (χ0n) is 22.1. The third-order valence-corrected chi connectivity index (χ3v) is 7.72. The van der Waals surface area contributed by atoms with Crippen LogP contribution in [0.5, 0.6) is 0 Å². The number of nitriles is 2. The fourth-order valence-electron chi connectivity index (χ4n) is 4.10. The van der Waals surface area contributed by atoms with Gasteiger partial charge in [0.15, 0.2) is 22.3 Å². The first-order valence-electron chi connectivity index (χ1n) is 12.7. The molecule has 0 aliphatic carbocycles. The molecule has 0 spiro atoms. The first kappa shape index (κ1) is 26.7. The Morgan fingerprint density at radius 3 is 2.26 bits per heavy atom. The van der Waals surface area contributed by atoms with Crippen molar-refractivity contribution in [1.82, 2.24) is 14.5 Å². The van der Waals surface area contributed by atoms with Crippen LogP contribution in [-0.2, 0) is 6.54 Å². The van der Waals surface area contributed by atoms with Crippen molar-refractivity contribution in [3.05, 3.63) is 77.1 Å². The first-order valence-corrected chi connectivity index (χ1v) is 13.6. The van der Waals surface area contributed by atoms with Crippen molar-refractivity contribution in [2.45, 2.75) is 46.6 Å². The zero-order valence-corrected chi connectivity index (χ0v) is 22.9. The Labute approximate surface area is 227 Å². The molecule has 0 radical (unpaired) electrons. The number of aromatic nitrogens is 3. The van der Waals surface area contributed by atoms with E-state index in [9.17, 15) is 10.5 Å². The van der Waals surface area contributed by atoms with Crippen LogP contribution in [0.2, 0.25) is 0 Å². The molecule has 0 aliphatic heterocycles. The summed E-state index contributed by atoms with van der Waals surface area (Å²) in [5.74, 6) is 1.15. The molecule has 9 heteroatoms. The van der Waals surface area contributed by atoms with E-state index in [4.69, 9.17) is 4.98 Å². The number of anilines is 1. The van der Waals surface area contributed by atoms with Gasteiger partial charge in [-0.3, -0.25) is 4.57 Å². The number of azo groups is 1. The molecule has 0 saturated carbocycles. The monoisotopic (exact) mass is 522 g/mol. The fraction of sp³-hybridized carbons (Fsp3) is 0.310. The second kappa shape index (κ2) is 12.3. The average Bonchev–Trinajstić information content (AvgIpc) is 3.53. The third-order valence-electron chi connectivity index (χ3n) is 6.56. The maximum atomic E-state index is 9.82. The van der Waals surface area contributed by atoms with Gasteiger partial charge in [-0.15, -0.1) is 10.2 Å². The predicted molar refractivity (Wildman–Crippen MR) is 151 cm³/mol. The van der Waals surface area contributed by atoms with Gasteiger partial charge in [-0.25, -0.2) is 0 Å². The minimum Gasteiger partial charge on any atom is -0.349 e. The highest BCUT2D eigenvalue weighted by Gasteiger charge is 2.20. The van der Waals surface area contributed by atoms with E-state index in [1.54, 1.807) is 15.9 Å². The largest absolute Gasteiger partial charge is 0.349 e. The van der Waals surface area contributed by atoms with Crippen LogP contribution in [0.1, 0.15) is 62.5 Å². The van der Waals surface area contributed by atoms with Crippen LogP contribution in [0.3, 0.4) is 0 Å². The highest BCUT2D eigenvalue weighted by Crippen LogP contribution is 2.40. The molecule has 0 amide bonds. The SMILES string of the molecule is CCC(C)c1ccc(Cn2c(/N=N/c3nc(N(CC)CC)sc3-c3ccccc3)nc(C#N)c2C#N)cc1. The molecule has 0 saturated heterocycles. The van der Waals surface area contributed by atoms with E-state index in [0.717, 1.165) is 40.6 Å². The molecule has 8 nitrogen and oxygen atoms in total. The summed E-state index contributed by atoms with van der Waals surface area (Å²) in [5, 5.41) is 29.2. The number of hydrogen-bond acceptors (Lipinski definition) is 8. The Kier molecular flexibility index (Phi) is 8.62. The van der Waals surface area contributed by atoms with E-state index < -0.39 is 0 Å². The molecule has 2 aromatic heterocycles. The molecule has 1 atom stereocenters. The second-order valence-electron chi connectivity index (χ2n) is 8.86. The summed E-state index contributed by atoms with van der Waals surface area (Å²) in [4.78, 5) is 12.2. The maximum Gasteiger partial charge on any atom is 0.252 e. The van der Waals surface area contributed by atoms with Crippen molar-refractivity contribution >= 4 is 28.2 Å². The highest BCUT2D eigenvalue weighted by molar-refractivity contribution is 7.19. The van der Waals surface area contributed by atoms with Crippen LogP contribution in [-0.4, -0.2) is 27.6 Å². The lowest BCUT2D eigenvalue weighted by atomic mass is 9.98. The summed E-state index contributed by atoms with van der Waals surface area (Å²) in [6.45, 7) is 10.5. The van der Waals surface area contributed by atoms with Gasteiger partial charge in [-0.2, -0.15) is 20.5 Å². The molecule has 38 heavy (non-hydrogen) atoms. The van der Waals surface area contributed by atoms with E-state index in [1.165, 1.54) is 5.56 Å². The molecule has 4 aromatic rings. The van der Waals surface area contributed by atoms with Crippen molar-refractivity contribution in [1.29, 1.82) is 10.5 Å².